The maximum absolute atomic E-state index is 12.8. The maximum atomic E-state index is 12.8. The topological polar surface area (TPSA) is 65.9 Å². The maximum Gasteiger partial charge on any atom is 0.416 e. The van der Waals surface area contributed by atoms with Gasteiger partial charge < -0.3 is 9.72 Å². The van der Waals surface area contributed by atoms with E-state index >= 15 is 0 Å². The lowest BCUT2D eigenvalue weighted by atomic mass is 9.81. The van der Waals surface area contributed by atoms with E-state index in [1.54, 1.807) is 13.0 Å². The second-order valence-electron chi connectivity index (χ2n) is 7.35. The molecule has 1 N–H and O–H groups in total. The number of aromatic nitrogens is 1. The fourth-order valence-corrected chi connectivity index (χ4v) is 3.25. The molecule has 1 aromatic heterocycles. The van der Waals surface area contributed by atoms with Gasteiger partial charge in [0.2, 0.25) is 0 Å². The SMILES string of the molecule is CCc1cc2ccc(C(C)(C#N)CCOc3cccc(C(F)(F)F)c3)cc2[nH]c1=O. The Hall–Kier alpha value is -3.27. The number of pyridine rings is 1. The third-order valence-electron chi connectivity index (χ3n) is 5.22. The van der Waals surface area contributed by atoms with Crippen LogP contribution in [0.25, 0.3) is 10.9 Å². The molecular weight excluding hydrogens is 393 g/mol. The molecule has 30 heavy (non-hydrogen) atoms. The summed E-state index contributed by atoms with van der Waals surface area (Å²) in [6.45, 7) is 3.71. The van der Waals surface area contributed by atoms with Gasteiger partial charge in [0.05, 0.1) is 23.7 Å². The van der Waals surface area contributed by atoms with Crippen LogP contribution in [0.1, 0.15) is 37.0 Å². The summed E-state index contributed by atoms with van der Waals surface area (Å²) >= 11 is 0. The van der Waals surface area contributed by atoms with Gasteiger partial charge >= 0.3 is 6.18 Å². The molecule has 0 amide bonds. The van der Waals surface area contributed by atoms with Gasteiger partial charge in [-0.3, -0.25) is 4.79 Å². The average Bonchev–Trinajstić information content (AvgIpc) is 2.72. The lowest BCUT2D eigenvalue weighted by molar-refractivity contribution is -0.137. The number of rotatable bonds is 6. The Kier molecular flexibility index (Phi) is 5.88. The van der Waals surface area contributed by atoms with E-state index < -0.39 is 17.2 Å². The predicted molar refractivity (Wildman–Crippen MR) is 108 cm³/mol. The Bertz CT molecular complexity index is 1160. The van der Waals surface area contributed by atoms with Gasteiger partial charge in [0.1, 0.15) is 5.75 Å². The highest BCUT2D eigenvalue weighted by Gasteiger charge is 2.31. The van der Waals surface area contributed by atoms with Crippen LogP contribution < -0.4 is 10.3 Å². The first-order chi connectivity index (χ1) is 14.2. The average molecular weight is 414 g/mol. The van der Waals surface area contributed by atoms with Crippen molar-refractivity contribution in [2.45, 2.75) is 38.3 Å². The number of alkyl halides is 3. The molecule has 0 radical (unpaired) electrons. The van der Waals surface area contributed by atoms with Crippen LogP contribution in [0.15, 0.2) is 53.3 Å². The number of hydrogen-bond acceptors (Lipinski definition) is 3. The van der Waals surface area contributed by atoms with Crippen molar-refractivity contribution in [3.05, 3.63) is 75.6 Å². The molecule has 3 rings (SSSR count). The van der Waals surface area contributed by atoms with Crippen LogP contribution in [0, 0.1) is 11.3 Å². The van der Waals surface area contributed by atoms with Crippen LogP contribution in [0.2, 0.25) is 0 Å². The lowest BCUT2D eigenvalue weighted by Crippen LogP contribution is -2.23. The minimum atomic E-state index is -4.44. The molecule has 0 spiro atoms. The Labute approximate surface area is 171 Å². The van der Waals surface area contributed by atoms with Gasteiger partial charge in [-0.15, -0.1) is 0 Å². The van der Waals surface area contributed by atoms with E-state index in [1.807, 2.05) is 25.1 Å². The van der Waals surface area contributed by atoms with Gasteiger partial charge in [0, 0.05) is 17.5 Å². The third-order valence-corrected chi connectivity index (χ3v) is 5.22. The number of aryl methyl sites for hydroxylation is 1. The first-order valence-corrected chi connectivity index (χ1v) is 9.54. The lowest BCUT2D eigenvalue weighted by Gasteiger charge is -2.23. The molecule has 0 fully saturated rings. The summed E-state index contributed by atoms with van der Waals surface area (Å²) in [6.07, 6.45) is -3.56. The molecule has 0 aliphatic rings. The number of ether oxygens (including phenoxy) is 1. The molecule has 1 unspecified atom stereocenters. The molecular formula is C23H21F3N2O2. The Balaban J connectivity index is 1.79. The summed E-state index contributed by atoms with van der Waals surface area (Å²) < 4.78 is 44.0. The van der Waals surface area contributed by atoms with Crippen molar-refractivity contribution in [2.75, 3.05) is 6.61 Å². The molecule has 0 bridgehead atoms. The van der Waals surface area contributed by atoms with Crippen LogP contribution in [0.4, 0.5) is 13.2 Å². The standard InChI is InChI=1S/C23H21F3N2O2/c1-3-15-11-16-7-8-17(13-20(16)28-21(15)29)22(2,14-27)9-10-30-19-6-4-5-18(12-19)23(24,25)26/h4-8,11-13H,3,9-10H2,1-2H3,(H,28,29). The zero-order valence-electron chi connectivity index (χ0n) is 16.6. The number of halogens is 3. The number of H-pyrrole nitrogens is 1. The van der Waals surface area contributed by atoms with Crippen LogP contribution in [-0.2, 0) is 18.0 Å². The van der Waals surface area contributed by atoms with E-state index in [-0.39, 0.29) is 24.3 Å². The fourth-order valence-electron chi connectivity index (χ4n) is 3.25. The first kappa shape index (κ1) is 21.4. The van der Waals surface area contributed by atoms with E-state index in [4.69, 9.17) is 4.74 Å². The molecule has 7 heteroatoms. The molecule has 1 heterocycles. The summed E-state index contributed by atoms with van der Waals surface area (Å²) in [5.74, 6) is 0.0973. The Morgan fingerprint density at radius 2 is 1.87 bits per heavy atom. The molecule has 4 nitrogen and oxygen atoms in total. The number of nitrogens with one attached hydrogen (secondary N) is 1. The van der Waals surface area contributed by atoms with Crippen LogP contribution in [0.3, 0.4) is 0 Å². The number of fused-ring (bicyclic) bond motifs is 1. The van der Waals surface area contributed by atoms with Crippen molar-refractivity contribution >= 4 is 10.9 Å². The van der Waals surface area contributed by atoms with Gasteiger partial charge in [-0.1, -0.05) is 25.1 Å². The van der Waals surface area contributed by atoms with E-state index in [1.165, 1.54) is 12.1 Å². The number of aromatic amines is 1. The molecule has 156 valence electrons. The van der Waals surface area contributed by atoms with E-state index in [0.717, 1.165) is 17.5 Å². The molecule has 2 aromatic carbocycles. The minimum Gasteiger partial charge on any atom is -0.494 e. The van der Waals surface area contributed by atoms with Crippen LogP contribution >= 0.6 is 0 Å². The zero-order valence-corrected chi connectivity index (χ0v) is 16.6. The number of hydrogen-bond donors (Lipinski definition) is 1. The van der Waals surface area contributed by atoms with Crippen molar-refractivity contribution in [1.29, 1.82) is 5.26 Å². The summed E-state index contributed by atoms with van der Waals surface area (Å²) in [6, 6.07) is 14.2. The van der Waals surface area contributed by atoms with Gasteiger partial charge in [-0.25, -0.2) is 0 Å². The van der Waals surface area contributed by atoms with Gasteiger partial charge in [0.25, 0.3) is 5.56 Å². The highest BCUT2D eigenvalue weighted by Crippen LogP contribution is 2.32. The quantitative estimate of drug-likeness (QED) is 0.591. The minimum absolute atomic E-state index is 0.0642. The first-order valence-electron chi connectivity index (χ1n) is 9.54. The Morgan fingerprint density at radius 1 is 1.10 bits per heavy atom. The van der Waals surface area contributed by atoms with E-state index in [0.29, 0.717) is 23.1 Å². The van der Waals surface area contributed by atoms with Crippen LogP contribution in [-0.4, -0.2) is 11.6 Å². The fraction of sp³-hybridized carbons (Fsp3) is 0.304. The molecule has 0 saturated heterocycles. The predicted octanol–water partition coefficient (Wildman–Crippen LogP) is 5.36. The van der Waals surface area contributed by atoms with Crippen molar-refractivity contribution in [1.82, 2.24) is 4.98 Å². The molecule has 1 atom stereocenters. The zero-order chi connectivity index (χ0) is 21.9. The smallest absolute Gasteiger partial charge is 0.416 e. The van der Waals surface area contributed by atoms with Gasteiger partial charge in [0.15, 0.2) is 0 Å². The second-order valence-corrected chi connectivity index (χ2v) is 7.35. The summed E-state index contributed by atoms with van der Waals surface area (Å²) in [7, 11) is 0. The monoisotopic (exact) mass is 414 g/mol. The van der Waals surface area contributed by atoms with Crippen molar-refractivity contribution in [3.8, 4) is 11.8 Å². The molecule has 0 aliphatic heterocycles. The van der Waals surface area contributed by atoms with Crippen molar-refractivity contribution in [2.24, 2.45) is 0 Å². The van der Waals surface area contributed by atoms with Crippen molar-refractivity contribution < 1.29 is 17.9 Å². The van der Waals surface area contributed by atoms with E-state index in [9.17, 15) is 23.2 Å². The highest BCUT2D eigenvalue weighted by molar-refractivity contribution is 5.80. The normalized spacial score (nSPS) is 13.6. The van der Waals surface area contributed by atoms with Crippen molar-refractivity contribution in [3.63, 3.8) is 0 Å². The summed E-state index contributed by atoms with van der Waals surface area (Å²) in [5, 5.41) is 10.6. The van der Waals surface area contributed by atoms with Gasteiger partial charge in [-0.05, 0) is 54.6 Å². The number of benzene rings is 2. The molecule has 0 aliphatic carbocycles. The second kappa shape index (κ2) is 8.23. The summed E-state index contributed by atoms with van der Waals surface area (Å²) in [4.78, 5) is 14.9. The van der Waals surface area contributed by atoms with E-state index in [2.05, 4.69) is 11.1 Å². The number of nitrogens with zero attached hydrogens (tertiary/aromatic N) is 1. The summed E-state index contributed by atoms with van der Waals surface area (Å²) in [5.41, 5.74) is 0.144. The molecule has 3 aromatic rings. The third kappa shape index (κ3) is 4.48. The number of nitriles is 1. The largest absolute Gasteiger partial charge is 0.494 e. The molecule has 0 saturated carbocycles. The highest BCUT2D eigenvalue weighted by atomic mass is 19.4. The van der Waals surface area contributed by atoms with Gasteiger partial charge in [-0.2, -0.15) is 18.4 Å². The Morgan fingerprint density at radius 3 is 2.53 bits per heavy atom. The van der Waals surface area contributed by atoms with Crippen LogP contribution in [0.5, 0.6) is 5.75 Å².